The van der Waals surface area contributed by atoms with Crippen LogP contribution < -0.4 is 4.18 Å². The van der Waals surface area contributed by atoms with E-state index in [4.69, 9.17) is 0 Å². The highest BCUT2D eigenvalue weighted by atomic mass is 32.2. The summed E-state index contributed by atoms with van der Waals surface area (Å²) in [7, 11) is 0. The standard InChI is InChI=1S/C11H10O3S/c1-8-2-3-9-4-5-11(14-15(12)13)7-10(9)6-8/h2-7H,1H3,(H,12,13)/p-1. The summed E-state index contributed by atoms with van der Waals surface area (Å²) >= 11 is -2.51. The van der Waals surface area contributed by atoms with E-state index in [9.17, 15) is 8.76 Å². The summed E-state index contributed by atoms with van der Waals surface area (Å²) in [6.07, 6.45) is 0. The van der Waals surface area contributed by atoms with Gasteiger partial charge in [0.1, 0.15) is 17.1 Å². The van der Waals surface area contributed by atoms with Gasteiger partial charge in [0.25, 0.3) is 0 Å². The average Bonchev–Trinajstić information content (AvgIpc) is 2.16. The van der Waals surface area contributed by atoms with Crippen LogP contribution in [-0.4, -0.2) is 8.76 Å². The lowest BCUT2D eigenvalue weighted by atomic mass is 10.1. The summed E-state index contributed by atoms with van der Waals surface area (Å²) in [6.45, 7) is 1.98. The maximum Gasteiger partial charge on any atom is 0.139 e. The van der Waals surface area contributed by atoms with E-state index in [2.05, 4.69) is 4.18 Å². The molecule has 1 unspecified atom stereocenters. The van der Waals surface area contributed by atoms with Crippen LogP contribution in [0.3, 0.4) is 0 Å². The summed E-state index contributed by atoms with van der Waals surface area (Å²) in [5.74, 6) is 0.335. The fraction of sp³-hybridized carbons (Fsp3) is 0.0909. The van der Waals surface area contributed by atoms with Crippen LogP contribution in [0, 0.1) is 6.92 Å². The second kappa shape index (κ2) is 4.00. The quantitative estimate of drug-likeness (QED) is 0.731. The number of hydrogen-bond donors (Lipinski definition) is 0. The molecule has 3 nitrogen and oxygen atoms in total. The molecule has 2 rings (SSSR count). The molecule has 0 saturated carbocycles. The molecule has 2 aromatic rings. The van der Waals surface area contributed by atoms with Crippen molar-refractivity contribution in [3.05, 3.63) is 42.0 Å². The maximum absolute atomic E-state index is 10.3. The van der Waals surface area contributed by atoms with Gasteiger partial charge in [-0.3, -0.25) is 0 Å². The second-order valence-electron chi connectivity index (χ2n) is 3.30. The van der Waals surface area contributed by atoms with Crippen molar-refractivity contribution in [2.75, 3.05) is 0 Å². The van der Waals surface area contributed by atoms with Crippen LogP contribution in [0.2, 0.25) is 0 Å². The molecule has 0 bridgehead atoms. The molecule has 15 heavy (non-hydrogen) atoms. The Morgan fingerprint density at radius 1 is 1.13 bits per heavy atom. The van der Waals surface area contributed by atoms with Gasteiger partial charge in [0, 0.05) is 0 Å². The summed E-state index contributed by atoms with van der Waals surface area (Å²) in [5.41, 5.74) is 1.13. The molecule has 2 aromatic carbocycles. The van der Waals surface area contributed by atoms with E-state index in [1.807, 2.05) is 31.2 Å². The van der Waals surface area contributed by atoms with E-state index in [0.717, 1.165) is 16.3 Å². The molecule has 0 N–H and O–H groups in total. The van der Waals surface area contributed by atoms with Crippen LogP contribution in [0.1, 0.15) is 5.56 Å². The largest absolute Gasteiger partial charge is 0.740 e. The van der Waals surface area contributed by atoms with Gasteiger partial charge in [-0.1, -0.05) is 29.8 Å². The zero-order valence-electron chi connectivity index (χ0n) is 8.10. The number of benzene rings is 2. The van der Waals surface area contributed by atoms with E-state index in [-0.39, 0.29) is 0 Å². The third-order valence-electron chi connectivity index (χ3n) is 2.13. The number of aryl methyl sites for hydroxylation is 1. The normalized spacial score (nSPS) is 12.7. The average molecular weight is 221 g/mol. The monoisotopic (exact) mass is 221 g/mol. The number of hydrogen-bond acceptors (Lipinski definition) is 3. The Labute approximate surface area is 90.2 Å². The van der Waals surface area contributed by atoms with Crippen LogP contribution in [0.25, 0.3) is 10.8 Å². The van der Waals surface area contributed by atoms with Crippen molar-refractivity contribution in [1.29, 1.82) is 0 Å². The second-order valence-corrected chi connectivity index (χ2v) is 3.87. The SMILES string of the molecule is Cc1ccc2ccc(OS(=O)[O-])cc2c1. The Hall–Kier alpha value is -1.39. The molecular weight excluding hydrogens is 212 g/mol. The summed E-state index contributed by atoms with van der Waals surface area (Å²) in [5, 5.41) is 2.03. The smallest absolute Gasteiger partial charge is 0.139 e. The lowest BCUT2D eigenvalue weighted by Crippen LogP contribution is -1.97. The van der Waals surface area contributed by atoms with E-state index < -0.39 is 11.4 Å². The molecule has 0 fully saturated rings. The summed E-state index contributed by atoms with van der Waals surface area (Å²) in [6, 6.07) is 11.1. The Bertz CT molecular complexity index is 522. The van der Waals surface area contributed by atoms with Crippen molar-refractivity contribution >= 4 is 22.1 Å². The van der Waals surface area contributed by atoms with Gasteiger partial charge >= 0.3 is 0 Å². The van der Waals surface area contributed by atoms with E-state index in [0.29, 0.717) is 5.75 Å². The third kappa shape index (κ3) is 2.34. The topological polar surface area (TPSA) is 49.4 Å². The first kappa shape index (κ1) is 10.1. The van der Waals surface area contributed by atoms with Gasteiger partial charge in [0.05, 0.1) is 0 Å². The van der Waals surface area contributed by atoms with Gasteiger partial charge < -0.3 is 8.74 Å². The molecular formula is C11H9O3S-. The van der Waals surface area contributed by atoms with Gasteiger partial charge in [-0.05, 0) is 29.8 Å². The Balaban J connectivity index is 2.49. The van der Waals surface area contributed by atoms with Crippen molar-refractivity contribution in [2.45, 2.75) is 6.92 Å². The molecule has 0 heterocycles. The fourth-order valence-electron chi connectivity index (χ4n) is 1.47. The minimum absolute atomic E-state index is 0.335. The lowest BCUT2D eigenvalue weighted by Gasteiger charge is -2.08. The fourth-order valence-corrected chi connectivity index (χ4v) is 1.74. The minimum atomic E-state index is -2.51. The molecule has 1 atom stereocenters. The predicted octanol–water partition coefficient (Wildman–Crippen LogP) is 2.32. The van der Waals surface area contributed by atoms with Gasteiger partial charge in [0.15, 0.2) is 0 Å². The summed E-state index contributed by atoms with van der Waals surface area (Å²) < 4.78 is 25.3. The van der Waals surface area contributed by atoms with Crippen LogP contribution >= 0.6 is 0 Å². The van der Waals surface area contributed by atoms with E-state index >= 15 is 0 Å². The van der Waals surface area contributed by atoms with Gasteiger partial charge in [-0.15, -0.1) is 0 Å². The highest BCUT2D eigenvalue weighted by molar-refractivity contribution is 7.74. The van der Waals surface area contributed by atoms with Crippen molar-refractivity contribution in [3.8, 4) is 5.75 Å². The zero-order chi connectivity index (χ0) is 10.8. The van der Waals surface area contributed by atoms with Crippen molar-refractivity contribution in [3.63, 3.8) is 0 Å². The first-order valence-electron chi connectivity index (χ1n) is 4.43. The summed E-state index contributed by atoms with van der Waals surface area (Å²) in [4.78, 5) is 0. The molecule has 0 aliphatic rings. The number of fused-ring (bicyclic) bond motifs is 1. The Kier molecular flexibility index (Phi) is 2.70. The zero-order valence-corrected chi connectivity index (χ0v) is 8.91. The lowest BCUT2D eigenvalue weighted by molar-refractivity contribution is 0.440. The van der Waals surface area contributed by atoms with Crippen molar-refractivity contribution in [2.24, 2.45) is 0 Å². The minimum Gasteiger partial charge on any atom is -0.740 e. The predicted molar refractivity (Wildman–Crippen MR) is 58.2 cm³/mol. The molecule has 4 heteroatoms. The van der Waals surface area contributed by atoms with Gasteiger partial charge in [-0.2, -0.15) is 0 Å². The van der Waals surface area contributed by atoms with Crippen molar-refractivity contribution < 1.29 is 12.9 Å². The maximum atomic E-state index is 10.3. The van der Waals surface area contributed by atoms with Gasteiger partial charge in [0.2, 0.25) is 0 Å². The van der Waals surface area contributed by atoms with Crippen LogP contribution in [-0.2, 0) is 11.4 Å². The van der Waals surface area contributed by atoms with E-state index in [1.165, 1.54) is 0 Å². The molecule has 0 amide bonds. The van der Waals surface area contributed by atoms with Crippen LogP contribution in [0.4, 0.5) is 0 Å². The molecule has 0 radical (unpaired) electrons. The molecule has 0 aliphatic heterocycles. The Morgan fingerprint density at radius 2 is 1.87 bits per heavy atom. The van der Waals surface area contributed by atoms with E-state index in [1.54, 1.807) is 12.1 Å². The first-order valence-corrected chi connectivity index (χ1v) is 5.43. The third-order valence-corrected chi connectivity index (χ3v) is 2.46. The number of rotatable bonds is 2. The van der Waals surface area contributed by atoms with Crippen LogP contribution in [0.5, 0.6) is 5.75 Å². The Morgan fingerprint density at radius 3 is 2.60 bits per heavy atom. The van der Waals surface area contributed by atoms with Gasteiger partial charge in [-0.25, -0.2) is 4.21 Å². The van der Waals surface area contributed by atoms with Crippen LogP contribution in [0.15, 0.2) is 36.4 Å². The molecule has 0 aromatic heterocycles. The molecule has 0 spiro atoms. The molecule has 0 saturated heterocycles. The molecule has 78 valence electrons. The highest BCUT2D eigenvalue weighted by Gasteiger charge is 1.98. The first-order chi connectivity index (χ1) is 7.15. The molecule has 0 aliphatic carbocycles. The highest BCUT2D eigenvalue weighted by Crippen LogP contribution is 2.22. The van der Waals surface area contributed by atoms with Crippen molar-refractivity contribution in [1.82, 2.24) is 0 Å².